The highest BCUT2D eigenvalue weighted by molar-refractivity contribution is 5.99. The third kappa shape index (κ3) is 5.81. The number of urea groups is 1. The Morgan fingerprint density at radius 2 is 1.91 bits per heavy atom. The molecule has 1 aromatic rings. The van der Waals surface area contributed by atoms with Gasteiger partial charge in [0.25, 0.3) is 5.91 Å². The van der Waals surface area contributed by atoms with Crippen LogP contribution < -0.4 is 20.7 Å². The fourth-order valence-electron chi connectivity index (χ4n) is 5.18. The lowest BCUT2D eigenvalue weighted by molar-refractivity contribution is -0.134. The molecule has 9 heteroatoms. The van der Waals surface area contributed by atoms with Crippen molar-refractivity contribution in [2.45, 2.75) is 82.6 Å². The smallest absolute Gasteiger partial charge is 0.319 e. The monoisotopic (exact) mass is 472 g/mol. The summed E-state index contributed by atoms with van der Waals surface area (Å²) in [5.74, 6) is 0.322. The Morgan fingerprint density at radius 3 is 2.68 bits per heavy atom. The molecule has 1 saturated heterocycles. The number of carbonyl (C=O) groups excluding carboxylic acids is 3. The van der Waals surface area contributed by atoms with Crippen LogP contribution in [-0.4, -0.2) is 67.2 Å². The van der Waals surface area contributed by atoms with Gasteiger partial charge in [-0.25, -0.2) is 4.79 Å². The summed E-state index contributed by atoms with van der Waals surface area (Å²) in [5.41, 5.74) is 0.931. The zero-order valence-corrected chi connectivity index (χ0v) is 20.1. The van der Waals surface area contributed by atoms with Gasteiger partial charge >= 0.3 is 6.03 Å². The Morgan fingerprint density at radius 1 is 1.12 bits per heavy atom. The number of ether oxygens (including phenoxy) is 2. The molecule has 0 radical (unpaired) electrons. The second kappa shape index (κ2) is 11.1. The molecule has 1 aliphatic carbocycles. The number of benzene rings is 1. The molecule has 186 valence electrons. The first-order chi connectivity index (χ1) is 16.4. The van der Waals surface area contributed by atoms with Crippen molar-refractivity contribution >= 4 is 23.5 Å². The molecule has 3 atom stereocenters. The van der Waals surface area contributed by atoms with Gasteiger partial charge in [-0.2, -0.15) is 0 Å². The lowest BCUT2D eigenvalue weighted by Gasteiger charge is -2.42. The van der Waals surface area contributed by atoms with Crippen LogP contribution in [0.5, 0.6) is 5.75 Å². The SMILES string of the molecule is CCNC(=O)Nc1ccc2c(c1)C(=O)N(C)[C@@H]1CC[C@@H](CC(=O)NC3CCCCC3)O[C@H]1CO2. The molecule has 0 aromatic heterocycles. The van der Waals surface area contributed by atoms with E-state index in [0.717, 1.165) is 19.3 Å². The number of anilines is 1. The standard InChI is InChI=1S/C25H36N4O5/c1-3-26-25(32)28-17-9-12-21-19(13-17)24(31)29(2)20-11-10-18(34-22(20)15-33-21)14-23(30)27-16-7-5-4-6-8-16/h9,12-13,16,18,20,22H,3-8,10-11,14-15H2,1-2H3,(H,27,30)(H2,26,28,32)/t18-,20+,22-/m0/s1. The van der Waals surface area contributed by atoms with Crippen LogP contribution >= 0.6 is 0 Å². The Balaban J connectivity index is 1.39. The first-order valence-corrected chi connectivity index (χ1v) is 12.5. The zero-order chi connectivity index (χ0) is 24.1. The van der Waals surface area contributed by atoms with Gasteiger partial charge in [0.15, 0.2) is 0 Å². The number of hydrogen-bond acceptors (Lipinski definition) is 5. The van der Waals surface area contributed by atoms with Gasteiger partial charge in [0.2, 0.25) is 5.91 Å². The van der Waals surface area contributed by atoms with Gasteiger partial charge in [0.1, 0.15) is 18.5 Å². The van der Waals surface area contributed by atoms with E-state index in [4.69, 9.17) is 9.47 Å². The Kier molecular flexibility index (Phi) is 7.92. The van der Waals surface area contributed by atoms with Crippen molar-refractivity contribution in [3.63, 3.8) is 0 Å². The highest BCUT2D eigenvalue weighted by atomic mass is 16.5. The average molecular weight is 473 g/mol. The third-order valence-electron chi connectivity index (χ3n) is 6.99. The van der Waals surface area contributed by atoms with Crippen LogP contribution in [0.25, 0.3) is 0 Å². The molecule has 0 spiro atoms. The summed E-state index contributed by atoms with van der Waals surface area (Å²) in [6.07, 6.45) is 7.02. The molecule has 3 aliphatic rings. The minimum Gasteiger partial charge on any atom is -0.490 e. The second-order valence-corrected chi connectivity index (χ2v) is 9.47. The number of nitrogens with zero attached hydrogens (tertiary/aromatic N) is 1. The summed E-state index contributed by atoms with van der Waals surface area (Å²) in [5, 5.41) is 8.57. The molecule has 1 saturated carbocycles. The van der Waals surface area contributed by atoms with Crippen LogP contribution in [0.15, 0.2) is 18.2 Å². The first-order valence-electron chi connectivity index (χ1n) is 12.5. The Bertz CT molecular complexity index is 901. The first kappa shape index (κ1) is 24.3. The highest BCUT2D eigenvalue weighted by Crippen LogP contribution is 2.32. The molecule has 9 nitrogen and oxygen atoms in total. The molecule has 4 amide bonds. The van der Waals surface area contributed by atoms with Gasteiger partial charge in [-0.05, 0) is 50.8 Å². The maximum absolute atomic E-state index is 13.3. The second-order valence-electron chi connectivity index (χ2n) is 9.47. The van der Waals surface area contributed by atoms with Gasteiger partial charge < -0.3 is 30.3 Å². The van der Waals surface area contributed by atoms with Gasteiger partial charge in [-0.15, -0.1) is 0 Å². The van der Waals surface area contributed by atoms with Crippen molar-refractivity contribution in [1.82, 2.24) is 15.5 Å². The quantitative estimate of drug-likeness (QED) is 0.610. The van der Waals surface area contributed by atoms with Crippen LogP contribution in [0.1, 0.15) is 68.6 Å². The van der Waals surface area contributed by atoms with Gasteiger partial charge in [-0.3, -0.25) is 9.59 Å². The van der Waals surface area contributed by atoms with Crippen LogP contribution in [0.2, 0.25) is 0 Å². The molecular formula is C25H36N4O5. The van der Waals surface area contributed by atoms with Gasteiger partial charge in [-0.1, -0.05) is 19.3 Å². The number of amides is 4. The molecule has 2 aliphatic heterocycles. The number of hydrogen-bond donors (Lipinski definition) is 3. The highest BCUT2D eigenvalue weighted by Gasteiger charge is 2.39. The fraction of sp³-hybridized carbons (Fsp3) is 0.640. The van der Waals surface area contributed by atoms with Gasteiger partial charge in [0.05, 0.1) is 24.1 Å². The number of nitrogens with one attached hydrogen (secondary N) is 3. The predicted octanol–water partition coefficient (Wildman–Crippen LogP) is 3.05. The van der Waals surface area contributed by atoms with E-state index in [1.165, 1.54) is 19.3 Å². The van der Waals surface area contributed by atoms with E-state index < -0.39 is 0 Å². The van der Waals surface area contributed by atoms with E-state index in [9.17, 15) is 14.4 Å². The molecule has 3 N–H and O–H groups in total. The normalized spacial score (nSPS) is 25.2. The van der Waals surface area contributed by atoms with E-state index in [-0.39, 0.29) is 42.1 Å². The number of likely N-dealkylation sites (N-methyl/N-ethyl adjacent to an activating group) is 1. The van der Waals surface area contributed by atoms with Crippen LogP contribution in [-0.2, 0) is 9.53 Å². The van der Waals surface area contributed by atoms with Crippen LogP contribution in [0.3, 0.4) is 0 Å². The van der Waals surface area contributed by atoms with Crippen LogP contribution in [0.4, 0.5) is 10.5 Å². The lowest BCUT2D eigenvalue weighted by atomic mass is 9.93. The average Bonchev–Trinajstić information content (AvgIpc) is 2.82. The summed E-state index contributed by atoms with van der Waals surface area (Å²) >= 11 is 0. The molecule has 4 rings (SSSR count). The Hall–Kier alpha value is -2.81. The van der Waals surface area contributed by atoms with Gasteiger partial charge in [0, 0.05) is 25.3 Å². The van der Waals surface area contributed by atoms with E-state index in [1.807, 2.05) is 6.92 Å². The van der Waals surface area contributed by atoms with Crippen molar-refractivity contribution in [3.8, 4) is 5.75 Å². The third-order valence-corrected chi connectivity index (χ3v) is 6.99. The Labute approximate surface area is 200 Å². The topological polar surface area (TPSA) is 109 Å². The molecule has 2 heterocycles. The predicted molar refractivity (Wildman–Crippen MR) is 128 cm³/mol. The minimum atomic E-state index is -0.325. The molecular weight excluding hydrogens is 436 g/mol. The number of fused-ring (bicyclic) bond motifs is 2. The van der Waals surface area contributed by atoms with Crippen LogP contribution in [0, 0.1) is 0 Å². The van der Waals surface area contributed by atoms with E-state index >= 15 is 0 Å². The molecule has 0 bridgehead atoms. The molecule has 34 heavy (non-hydrogen) atoms. The van der Waals surface area contributed by atoms with E-state index in [0.29, 0.717) is 43.0 Å². The molecule has 1 aromatic carbocycles. The summed E-state index contributed by atoms with van der Waals surface area (Å²) < 4.78 is 12.3. The fourth-order valence-corrected chi connectivity index (χ4v) is 5.18. The van der Waals surface area contributed by atoms with Crippen molar-refractivity contribution in [2.75, 3.05) is 25.5 Å². The van der Waals surface area contributed by atoms with Crippen molar-refractivity contribution < 1.29 is 23.9 Å². The maximum atomic E-state index is 13.3. The largest absolute Gasteiger partial charge is 0.490 e. The summed E-state index contributed by atoms with van der Waals surface area (Å²) in [6.45, 7) is 2.63. The summed E-state index contributed by atoms with van der Waals surface area (Å²) in [7, 11) is 1.78. The zero-order valence-electron chi connectivity index (χ0n) is 20.1. The van der Waals surface area contributed by atoms with E-state index in [2.05, 4.69) is 16.0 Å². The summed E-state index contributed by atoms with van der Waals surface area (Å²) in [4.78, 5) is 39.4. The lowest BCUT2D eigenvalue weighted by Crippen LogP contribution is -2.54. The van der Waals surface area contributed by atoms with Crippen molar-refractivity contribution in [3.05, 3.63) is 23.8 Å². The minimum absolute atomic E-state index is 0.0454. The molecule has 0 unspecified atom stereocenters. The number of carbonyl (C=O) groups is 3. The van der Waals surface area contributed by atoms with Crippen molar-refractivity contribution in [1.29, 1.82) is 0 Å². The van der Waals surface area contributed by atoms with E-state index in [1.54, 1.807) is 30.1 Å². The van der Waals surface area contributed by atoms with Crippen molar-refractivity contribution in [2.24, 2.45) is 0 Å². The number of rotatable bonds is 5. The maximum Gasteiger partial charge on any atom is 0.319 e. The summed E-state index contributed by atoms with van der Waals surface area (Å²) in [6, 6.07) is 4.87. The molecule has 2 fully saturated rings.